The standard InChI is InChI=1S/C20H35N5O8S/c1-10(2)16(19(31)24-13(20(32)33)8-9-34-3)25-18(30)12(5-6-14(22)26)23-17(29)11(21)4-7-15(27)28/h10-13,16H,4-9,21H2,1-3H3,(H2,22,26)(H,23,29)(H,24,31)(H,25,30)(H,27,28)(H,32,33). The highest BCUT2D eigenvalue weighted by atomic mass is 32.2. The quantitative estimate of drug-likeness (QED) is 0.119. The number of thioether (sulfide) groups is 1. The smallest absolute Gasteiger partial charge is 0.326 e. The Morgan fingerprint density at radius 2 is 1.41 bits per heavy atom. The Hall–Kier alpha value is -2.87. The number of carbonyl (C=O) groups excluding carboxylic acids is 4. The molecule has 4 amide bonds. The van der Waals surface area contributed by atoms with E-state index in [2.05, 4.69) is 16.0 Å². The molecular weight excluding hydrogens is 470 g/mol. The van der Waals surface area contributed by atoms with E-state index < -0.39 is 65.7 Å². The van der Waals surface area contributed by atoms with Crippen LogP contribution in [0.4, 0.5) is 0 Å². The molecule has 0 fully saturated rings. The molecule has 13 nitrogen and oxygen atoms in total. The third kappa shape index (κ3) is 12.4. The van der Waals surface area contributed by atoms with E-state index in [0.29, 0.717) is 5.75 Å². The Bertz CT molecular complexity index is 748. The van der Waals surface area contributed by atoms with Gasteiger partial charge in [0.2, 0.25) is 23.6 Å². The van der Waals surface area contributed by atoms with E-state index in [4.69, 9.17) is 16.6 Å². The van der Waals surface area contributed by atoms with Crippen molar-refractivity contribution in [3.63, 3.8) is 0 Å². The minimum absolute atomic E-state index is 0.172. The zero-order chi connectivity index (χ0) is 26.4. The molecule has 0 aliphatic heterocycles. The topological polar surface area (TPSA) is 231 Å². The van der Waals surface area contributed by atoms with E-state index in [-0.39, 0.29) is 32.1 Å². The zero-order valence-corrected chi connectivity index (χ0v) is 20.4. The number of carboxylic acids is 2. The Morgan fingerprint density at radius 1 is 0.824 bits per heavy atom. The van der Waals surface area contributed by atoms with Gasteiger partial charge < -0.3 is 37.6 Å². The number of hydrogen-bond acceptors (Lipinski definition) is 8. The van der Waals surface area contributed by atoms with Crippen molar-refractivity contribution in [3.05, 3.63) is 0 Å². The fourth-order valence-electron chi connectivity index (χ4n) is 2.79. The normalized spacial score (nSPS) is 14.4. The van der Waals surface area contributed by atoms with Crippen molar-refractivity contribution in [2.75, 3.05) is 12.0 Å². The number of aliphatic carboxylic acids is 2. The molecule has 0 heterocycles. The van der Waals surface area contributed by atoms with Crippen LogP contribution in [-0.2, 0) is 28.8 Å². The van der Waals surface area contributed by atoms with Gasteiger partial charge in [0, 0.05) is 12.8 Å². The summed E-state index contributed by atoms with van der Waals surface area (Å²) in [7, 11) is 0. The van der Waals surface area contributed by atoms with E-state index in [1.54, 1.807) is 20.1 Å². The number of hydrogen-bond donors (Lipinski definition) is 7. The molecule has 0 aromatic rings. The van der Waals surface area contributed by atoms with Gasteiger partial charge in [0.05, 0.1) is 6.04 Å². The number of carboxylic acid groups (broad SMARTS) is 2. The van der Waals surface area contributed by atoms with Gasteiger partial charge in [0.25, 0.3) is 0 Å². The molecule has 0 aromatic heterocycles. The van der Waals surface area contributed by atoms with Gasteiger partial charge in [0.15, 0.2) is 0 Å². The minimum Gasteiger partial charge on any atom is -0.481 e. The maximum absolute atomic E-state index is 12.9. The maximum atomic E-state index is 12.9. The van der Waals surface area contributed by atoms with Crippen molar-refractivity contribution in [1.82, 2.24) is 16.0 Å². The fraction of sp³-hybridized carbons (Fsp3) is 0.700. The van der Waals surface area contributed by atoms with E-state index in [1.807, 2.05) is 0 Å². The van der Waals surface area contributed by atoms with E-state index >= 15 is 0 Å². The number of amides is 4. The highest BCUT2D eigenvalue weighted by Gasteiger charge is 2.32. The molecule has 0 aliphatic rings. The lowest BCUT2D eigenvalue weighted by molar-refractivity contribution is -0.142. The average Bonchev–Trinajstić information content (AvgIpc) is 2.74. The second kappa shape index (κ2) is 15.9. The van der Waals surface area contributed by atoms with Gasteiger partial charge in [-0.05, 0) is 37.2 Å². The first-order chi connectivity index (χ1) is 15.8. The summed E-state index contributed by atoms with van der Waals surface area (Å²) in [6.07, 6.45) is 1.02. The van der Waals surface area contributed by atoms with Crippen LogP contribution < -0.4 is 27.4 Å². The summed E-state index contributed by atoms with van der Waals surface area (Å²) >= 11 is 1.42. The van der Waals surface area contributed by atoms with Gasteiger partial charge in [-0.3, -0.25) is 24.0 Å². The van der Waals surface area contributed by atoms with Gasteiger partial charge in [0.1, 0.15) is 18.1 Å². The van der Waals surface area contributed by atoms with Crippen molar-refractivity contribution < 1.29 is 39.0 Å². The van der Waals surface area contributed by atoms with E-state index in [1.165, 1.54) is 11.8 Å². The number of nitrogens with two attached hydrogens (primary N) is 2. The van der Waals surface area contributed by atoms with Gasteiger partial charge in [-0.15, -0.1) is 0 Å². The molecule has 14 heteroatoms. The molecule has 4 unspecified atom stereocenters. The monoisotopic (exact) mass is 505 g/mol. The predicted octanol–water partition coefficient (Wildman–Crippen LogP) is -1.61. The number of carbonyl (C=O) groups is 6. The molecule has 34 heavy (non-hydrogen) atoms. The van der Waals surface area contributed by atoms with Crippen LogP contribution in [0.5, 0.6) is 0 Å². The molecule has 0 spiro atoms. The van der Waals surface area contributed by atoms with E-state index in [9.17, 15) is 33.9 Å². The number of primary amides is 1. The summed E-state index contributed by atoms with van der Waals surface area (Å²) < 4.78 is 0. The third-order valence-corrected chi connectivity index (χ3v) is 5.43. The number of rotatable bonds is 17. The molecule has 4 atom stereocenters. The summed E-state index contributed by atoms with van der Waals surface area (Å²) in [5.41, 5.74) is 10.8. The lowest BCUT2D eigenvalue weighted by Crippen LogP contribution is -2.58. The molecule has 0 rings (SSSR count). The summed E-state index contributed by atoms with van der Waals surface area (Å²) in [4.78, 5) is 71.3. The van der Waals surface area contributed by atoms with Crippen LogP contribution >= 0.6 is 11.8 Å². The molecule has 0 saturated heterocycles. The highest BCUT2D eigenvalue weighted by molar-refractivity contribution is 7.98. The Balaban J connectivity index is 5.43. The molecule has 0 saturated carbocycles. The van der Waals surface area contributed by atoms with Crippen LogP contribution in [0.3, 0.4) is 0 Å². The van der Waals surface area contributed by atoms with Gasteiger partial charge in [-0.1, -0.05) is 13.8 Å². The molecule has 194 valence electrons. The maximum Gasteiger partial charge on any atom is 0.326 e. The summed E-state index contributed by atoms with van der Waals surface area (Å²) in [5, 5.41) is 25.3. The second-order valence-electron chi connectivity index (χ2n) is 8.02. The second-order valence-corrected chi connectivity index (χ2v) is 9.00. The van der Waals surface area contributed by atoms with Crippen LogP contribution in [-0.4, -0.2) is 82.0 Å². The molecule has 0 radical (unpaired) electrons. The molecule has 0 aliphatic carbocycles. The van der Waals surface area contributed by atoms with Crippen LogP contribution in [0, 0.1) is 5.92 Å². The SMILES string of the molecule is CSCCC(NC(=O)C(NC(=O)C(CCC(N)=O)NC(=O)C(N)CCC(=O)O)C(C)C)C(=O)O. The van der Waals surface area contributed by atoms with Crippen molar-refractivity contribution in [1.29, 1.82) is 0 Å². The minimum atomic E-state index is -1.28. The fourth-order valence-corrected chi connectivity index (χ4v) is 3.26. The van der Waals surface area contributed by atoms with E-state index in [0.717, 1.165) is 0 Å². The third-order valence-electron chi connectivity index (χ3n) is 4.79. The summed E-state index contributed by atoms with van der Waals surface area (Å²) in [6.45, 7) is 3.28. The van der Waals surface area contributed by atoms with Gasteiger partial charge >= 0.3 is 11.9 Å². The molecule has 0 aromatic carbocycles. The van der Waals surface area contributed by atoms with Crippen LogP contribution in [0.1, 0.15) is 46.0 Å². The summed E-state index contributed by atoms with van der Waals surface area (Å²) in [5.74, 6) is -5.34. The van der Waals surface area contributed by atoms with Crippen LogP contribution in [0.15, 0.2) is 0 Å². The predicted molar refractivity (Wildman–Crippen MR) is 125 cm³/mol. The van der Waals surface area contributed by atoms with Crippen molar-refractivity contribution in [3.8, 4) is 0 Å². The first-order valence-electron chi connectivity index (χ1n) is 10.7. The largest absolute Gasteiger partial charge is 0.481 e. The first-order valence-corrected chi connectivity index (χ1v) is 12.1. The van der Waals surface area contributed by atoms with Crippen molar-refractivity contribution in [2.45, 2.75) is 70.1 Å². The van der Waals surface area contributed by atoms with Gasteiger partial charge in [-0.25, -0.2) is 4.79 Å². The van der Waals surface area contributed by atoms with Crippen LogP contribution in [0.25, 0.3) is 0 Å². The first kappa shape index (κ1) is 31.1. The Labute approximate surface area is 202 Å². The Kier molecular flexibility index (Phi) is 14.5. The molecule has 9 N–H and O–H groups in total. The van der Waals surface area contributed by atoms with Gasteiger partial charge in [-0.2, -0.15) is 11.8 Å². The lowest BCUT2D eigenvalue weighted by atomic mass is 10.0. The molecule has 0 bridgehead atoms. The Morgan fingerprint density at radius 3 is 1.88 bits per heavy atom. The number of nitrogens with one attached hydrogen (secondary N) is 3. The molecular formula is C20H35N5O8S. The zero-order valence-electron chi connectivity index (χ0n) is 19.5. The average molecular weight is 506 g/mol. The van der Waals surface area contributed by atoms with Crippen molar-refractivity contribution in [2.24, 2.45) is 17.4 Å². The van der Waals surface area contributed by atoms with Crippen molar-refractivity contribution >= 4 is 47.3 Å². The van der Waals surface area contributed by atoms with Crippen LogP contribution in [0.2, 0.25) is 0 Å². The summed E-state index contributed by atoms with van der Waals surface area (Å²) in [6, 6.07) is -4.76. The lowest BCUT2D eigenvalue weighted by Gasteiger charge is -2.27. The highest BCUT2D eigenvalue weighted by Crippen LogP contribution is 2.08.